The van der Waals surface area contributed by atoms with Gasteiger partial charge in [-0.3, -0.25) is 9.52 Å². The molecule has 0 bridgehead atoms. The van der Waals surface area contributed by atoms with Crippen LogP contribution < -0.4 is 20.5 Å². The Morgan fingerprint density at radius 1 is 1.46 bits per heavy atom. The lowest BCUT2D eigenvalue weighted by Crippen LogP contribution is -2.42. The maximum atomic E-state index is 12.4. The number of nitrogens with two attached hydrogens (primary N) is 1. The molecule has 0 aliphatic carbocycles. The van der Waals surface area contributed by atoms with E-state index in [1.807, 2.05) is 13.8 Å². The number of carbonyl (C=O) groups is 1. The van der Waals surface area contributed by atoms with Crippen molar-refractivity contribution >= 4 is 28.6 Å². The quantitative estimate of drug-likeness (QED) is 0.650. The highest BCUT2D eigenvalue weighted by Crippen LogP contribution is 2.31. The Balaban J connectivity index is 2.23. The highest BCUT2D eigenvalue weighted by molar-refractivity contribution is 7.85. The van der Waals surface area contributed by atoms with Crippen LogP contribution in [0.4, 0.5) is 5.69 Å². The Labute approximate surface area is 144 Å². The van der Waals surface area contributed by atoms with E-state index in [1.54, 1.807) is 18.2 Å². The highest BCUT2D eigenvalue weighted by Gasteiger charge is 2.27. The summed E-state index contributed by atoms with van der Waals surface area (Å²) >= 11 is -1.60. The number of fused-ring (bicyclic) bond motifs is 1. The van der Waals surface area contributed by atoms with Crippen molar-refractivity contribution < 1.29 is 13.7 Å². The number of amidine groups is 1. The van der Waals surface area contributed by atoms with Gasteiger partial charge in [-0.1, -0.05) is 33.3 Å². The van der Waals surface area contributed by atoms with Crippen LogP contribution >= 0.6 is 0 Å². The topological polar surface area (TPSA) is 106 Å². The molecule has 0 spiro atoms. The number of ether oxygens (including phenoxy) is 1. The molecule has 8 heteroatoms. The second kappa shape index (κ2) is 8.14. The number of nitrogens with one attached hydrogen (secondary N) is 2. The first-order chi connectivity index (χ1) is 11.4. The lowest BCUT2D eigenvalue weighted by molar-refractivity contribution is -0.129. The summed E-state index contributed by atoms with van der Waals surface area (Å²) in [5.74, 6) is 0.402. The first-order valence-electron chi connectivity index (χ1n) is 8.04. The summed E-state index contributed by atoms with van der Waals surface area (Å²) in [5.41, 5.74) is 7.01. The van der Waals surface area contributed by atoms with Crippen LogP contribution in [0.15, 0.2) is 22.6 Å². The average molecular weight is 352 g/mol. The molecule has 0 aromatic heterocycles. The molecule has 1 amide bonds. The molecule has 0 saturated carbocycles. The van der Waals surface area contributed by atoms with E-state index in [1.165, 1.54) is 0 Å². The maximum absolute atomic E-state index is 12.4. The number of nitrogens with zero attached hydrogens (tertiary/aromatic N) is 1. The van der Waals surface area contributed by atoms with E-state index < -0.39 is 17.3 Å². The molecule has 132 valence electrons. The predicted molar refractivity (Wildman–Crippen MR) is 96.1 cm³/mol. The van der Waals surface area contributed by atoms with E-state index in [0.29, 0.717) is 23.5 Å². The zero-order valence-corrected chi connectivity index (χ0v) is 15.0. The van der Waals surface area contributed by atoms with Gasteiger partial charge >= 0.3 is 0 Å². The lowest BCUT2D eigenvalue weighted by atomic mass is 10.1. The molecular formula is C16H24N4O3S. The van der Waals surface area contributed by atoms with Crippen molar-refractivity contribution in [3.63, 3.8) is 0 Å². The van der Waals surface area contributed by atoms with Crippen molar-refractivity contribution in [2.24, 2.45) is 16.0 Å². The third-order valence-electron chi connectivity index (χ3n) is 3.61. The van der Waals surface area contributed by atoms with E-state index >= 15 is 0 Å². The van der Waals surface area contributed by atoms with Gasteiger partial charge in [-0.25, -0.2) is 4.21 Å². The molecule has 2 rings (SSSR count). The van der Waals surface area contributed by atoms with Crippen LogP contribution in [0.2, 0.25) is 0 Å². The van der Waals surface area contributed by atoms with Crippen molar-refractivity contribution in [2.45, 2.75) is 39.7 Å². The molecule has 0 radical (unpaired) electrons. The monoisotopic (exact) mass is 352 g/mol. The van der Waals surface area contributed by atoms with Crippen molar-refractivity contribution in [1.29, 1.82) is 0 Å². The number of amides is 1. The van der Waals surface area contributed by atoms with E-state index in [2.05, 4.69) is 21.4 Å². The van der Waals surface area contributed by atoms with Gasteiger partial charge in [-0.15, -0.1) is 0 Å². The smallest absolute Gasteiger partial charge is 0.261 e. The molecule has 2 unspecified atom stereocenters. The van der Waals surface area contributed by atoms with Crippen LogP contribution in [0.1, 0.15) is 39.2 Å². The molecule has 0 fully saturated rings. The Morgan fingerprint density at radius 3 is 2.88 bits per heavy atom. The molecule has 1 aliphatic rings. The predicted octanol–water partition coefficient (Wildman–Crippen LogP) is 1.72. The van der Waals surface area contributed by atoms with Gasteiger partial charge in [0.1, 0.15) is 11.6 Å². The molecule has 0 saturated heterocycles. The van der Waals surface area contributed by atoms with Gasteiger partial charge in [0.05, 0.1) is 11.3 Å². The largest absolute Gasteiger partial charge is 0.479 e. The molecule has 1 aliphatic heterocycles. The van der Waals surface area contributed by atoms with Gasteiger partial charge in [0.15, 0.2) is 6.10 Å². The van der Waals surface area contributed by atoms with Crippen LogP contribution in [0.3, 0.4) is 0 Å². The van der Waals surface area contributed by atoms with Gasteiger partial charge in [0.25, 0.3) is 5.91 Å². The Morgan fingerprint density at radius 2 is 2.21 bits per heavy atom. The number of carbonyl (C=O) groups excluding carboxylic acids is 1. The Hall–Kier alpha value is -2.09. The third kappa shape index (κ3) is 4.25. The normalized spacial score (nSPS) is 17.5. The number of hydrogen-bond acceptors (Lipinski definition) is 4. The minimum atomic E-state index is -1.60. The van der Waals surface area contributed by atoms with Crippen molar-refractivity contribution in [3.05, 3.63) is 23.8 Å². The van der Waals surface area contributed by atoms with E-state index in [0.717, 1.165) is 12.8 Å². The van der Waals surface area contributed by atoms with Gasteiger partial charge in [-0.05, 0) is 24.5 Å². The number of benzene rings is 1. The van der Waals surface area contributed by atoms with E-state index in [9.17, 15) is 9.00 Å². The van der Waals surface area contributed by atoms with Crippen LogP contribution in [0.5, 0.6) is 5.75 Å². The first-order valence-corrected chi connectivity index (χ1v) is 9.15. The average Bonchev–Trinajstić information content (AvgIpc) is 2.51. The lowest BCUT2D eigenvalue weighted by Gasteiger charge is -2.25. The number of hydrogen-bond donors (Lipinski definition) is 3. The van der Waals surface area contributed by atoms with Crippen molar-refractivity contribution in [3.8, 4) is 5.75 Å². The zero-order chi connectivity index (χ0) is 17.7. The zero-order valence-electron chi connectivity index (χ0n) is 14.2. The second-order valence-electron chi connectivity index (χ2n) is 5.93. The van der Waals surface area contributed by atoms with Crippen LogP contribution in [-0.2, 0) is 16.0 Å². The fourth-order valence-corrected chi connectivity index (χ4v) is 3.02. The summed E-state index contributed by atoms with van der Waals surface area (Å²) < 4.78 is 24.1. The van der Waals surface area contributed by atoms with Gasteiger partial charge in [-0.2, -0.15) is 4.40 Å². The summed E-state index contributed by atoms with van der Waals surface area (Å²) in [5, 5.41) is 2.89. The van der Waals surface area contributed by atoms with E-state index in [-0.39, 0.29) is 17.7 Å². The second-order valence-corrected chi connectivity index (χ2v) is 6.82. The van der Waals surface area contributed by atoms with E-state index in [4.69, 9.17) is 10.5 Å². The van der Waals surface area contributed by atoms with Crippen LogP contribution in [-0.4, -0.2) is 28.6 Å². The summed E-state index contributed by atoms with van der Waals surface area (Å²) in [7, 11) is 0. The SMILES string of the molecule is CCCCNC(=O)C(Oc1cccc2c1C(N)=NS(=O)N2)C(C)C. The molecule has 4 N–H and O–H groups in total. The maximum Gasteiger partial charge on any atom is 0.261 e. The molecule has 1 aromatic rings. The van der Waals surface area contributed by atoms with Gasteiger partial charge in [0, 0.05) is 6.54 Å². The Kier molecular flexibility index (Phi) is 6.19. The number of anilines is 1. The van der Waals surface area contributed by atoms with Gasteiger partial charge in [0.2, 0.25) is 11.2 Å². The van der Waals surface area contributed by atoms with Crippen molar-refractivity contribution in [2.75, 3.05) is 11.3 Å². The Bertz CT molecular complexity index is 661. The fourth-order valence-electron chi connectivity index (χ4n) is 2.35. The van der Waals surface area contributed by atoms with Crippen molar-refractivity contribution in [1.82, 2.24) is 5.32 Å². The first kappa shape index (κ1) is 18.3. The standard InChI is InChI=1S/C16H24N4O3S/c1-4-5-9-18-16(21)14(10(2)3)23-12-8-6-7-11-13(12)15(17)20-24(22)19-11/h6-8,10,14,19H,4-5,9H2,1-3H3,(H2,17,20)(H,18,21). The summed E-state index contributed by atoms with van der Waals surface area (Å²) in [6.45, 7) is 6.53. The number of unbranched alkanes of at least 4 members (excludes halogenated alkanes) is 1. The summed E-state index contributed by atoms with van der Waals surface area (Å²) in [6.07, 6.45) is 1.29. The molecule has 1 heterocycles. The molecule has 2 atom stereocenters. The van der Waals surface area contributed by atoms with Crippen LogP contribution in [0.25, 0.3) is 0 Å². The molecule has 1 aromatic carbocycles. The molecular weight excluding hydrogens is 328 g/mol. The summed E-state index contributed by atoms with van der Waals surface area (Å²) in [6, 6.07) is 5.22. The molecule has 7 nitrogen and oxygen atoms in total. The minimum absolute atomic E-state index is 0.0219. The number of rotatable bonds is 7. The minimum Gasteiger partial charge on any atom is -0.479 e. The summed E-state index contributed by atoms with van der Waals surface area (Å²) in [4.78, 5) is 12.4. The highest BCUT2D eigenvalue weighted by atomic mass is 32.2. The fraction of sp³-hybridized carbons (Fsp3) is 0.500. The molecule has 24 heavy (non-hydrogen) atoms. The van der Waals surface area contributed by atoms with Crippen LogP contribution in [0, 0.1) is 5.92 Å². The third-order valence-corrected chi connectivity index (χ3v) is 4.37. The van der Waals surface area contributed by atoms with Gasteiger partial charge < -0.3 is 15.8 Å².